The molecule has 0 saturated heterocycles. The molecule has 20 rings (SSSR count). The third kappa shape index (κ3) is 9.37. The van der Waals surface area contributed by atoms with Crippen LogP contribution in [0.3, 0.4) is 0 Å². The third-order valence-corrected chi connectivity index (χ3v) is 20.8. The standard InChI is InChI=1S/C96H62N4/c1-6-19-63(20-7-1)66-33-35-67(36-34-66)69-39-49-79(50-40-69)98-88-31-17-16-29-83(88)96-80(30-18-32-93(96)98)75-46-56-90-85(60-75)82-52-42-74(62-95(82)100(90)77-27-14-5-15-28-77)73-41-51-81-84-58-71(44-54-89(84)99(94(81)61-73)76-25-12-4-13-26-76)72-45-55-92-87(59-72)86-57-70(65-23-10-3-11-24-65)43-53-91(86)97(92)78-47-37-68(38-48-78)64-21-8-2-9-22-64/h1-62H. The minimum absolute atomic E-state index is 1.12. The molecule has 4 heteroatoms. The molecule has 20 aromatic rings. The second kappa shape index (κ2) is 23.2. The van der Waals surface area contributed by atoms with Crippen LogP contribution < -0.4 is 0 Å². The summed E-state index contributed by atoms with van der Waals surface area (Å²) in [5.74, 6) is 0. The van der Waals surface area contributed by atoms with Gasteiger partial charge in [0.1, 0.15) is 0 Å². The molecule has 0 bridgehead atoms. The Bertz CT molecular complexity index is 6560. The van der Waals surface area contributed by atoms with E-state index in [2.05, 4.69) is 394 Å². The lowest BCUT2D eigenvalue weighted by molar-refractivity contribution is 1.18. The summed E-state index contributed by atoms with van der Waals surface area (Å²) in [6, 6.07) is 139. The molecule has 0 saturated carbocycles. The van der Waals surface area contributed by atoms with Crippen LogP contribution in [0, 0.1) is 0 Å². The maximum atomic E-state index is 2.45. The molecule has 0 unspecified atom stereocenters. The van der Waals surface area contributed by atoms with Gasteiger partial charge in [0, 0.05) is 65.8 Å². The number of fused-ring (bicyclic) bond motifs is 12. The van der Waals surface area contributed by atoms with Crippen LogP contribution in [0.2, 0.25) is 0 Å². The van der Waals surface area contributed by atoms with Crippen LogP contribution in [0.5, 0.6) is 0 Å². The van der Waals surface area contributed by atoms with E-state index >= 15 is 0 Å². The fraction of sp³-hybridized carbons (Fsp3) is 0. The Balaban J connectivity index is 0.687. The van der Waals surface area contributed by atoms with Crippen molar-refractivity contribution in [3.63, 3.8) is 0 Å². The van der Waals surface area contributed by atoms with Crippen LogP contribution in [-0.2, 0) is 0 Å². The lowest BCUT2D eigenvalue weighted by Crippen LogP contribution is -1.94. The number of hydrogen-bond donors (Lipinski definition) is 0. The molecular formula is C96H62N4. The van der Waals surface area contributed by atoms with Gasteiger partial charge in [-0.3, -0.25) is 0 Å². The number of hydrogen-bond acceptors (Lipinski definition) is 0. The van der Waals surface area contributed by atoms with Crippen LogP contribution in [0.25, 0.3) is 188 Å². The predicted molar refractivity (Wildman–Crippen MR) is 422 cm³/mol. The van der Waals surface area contributed by atoms with Gasteiger partial charge >= 0.3 is 0 Å². The molecule has 4 nitrogen and oxygen atoms in total. The zero-order valence-corrected chi connectivity index (χ0v) is 54.6. The summed E-state index contributed by atoms with van der Waals surface area (Å²) >= 11 is 0. The number of nitrogens with zero attached hydrogens (tertiary/aromatic N) is 4. The lowest BCUT2D eigenvalue weighted by Gasteiger charge is -2.11. The largest absolute Gasteiger partial charge is 0.309 e. The van der Waals surface area contributed by atoms with Crippen molar-refractivity contribution < 1.29 is 0 Å². The first kappa shape index (κ1) is 57.0. The number of rotatable bonds is 11. The molecule has 0 fully saturated rings. The third-order valence-electron chi connectivity index (χ3n) is 20.8. The lowest BCUT2D eigenvalue weighted by atomic mass is 9.97. The van der Waals surface area contributed by atoms with Crippen LogP contribution in [-0.4, -0.2) is 18.3 Å². The van der Waals surface area contributed by atoms with Crippen LogP contribution in [0.15, 0.2) is 376 Å². The molecule has 100 heavy (non-hydrogen) atoms. The van der Waals surface area contributed by atoms with Gasteiger partial charge in [0.25, 0.3) is 0 Å². The quantitative estimate of drug-likeness (QED) is 0.123. The molecular weight excluding hydrogens is 1210 g/mol. The molecule has 0 atom stereocenters. The van der Waals surface area contributed by atoms with Gasteiger partial charge in [0.2, 0.25) is 0 Å². The summed E-state index contributed by atoms with van der Waals surface area (Å²) < 4.78 is 9.76. The highest BCUT2D eigenvalue weighted by Crippen LogP contribution is 2.45. The minimum atomic E-state index is 1.12. The summed E-state index contributed by atoms with van der Waals surface area (Å²) in [5, 5.41) is 9.75. The van der Waals surface area contributed by atoms with E-state index in [1.165, 1.54) is 132 Å². The van der Waals surface area contributed by atoms with E-state index < -0.39 is 0 Å². The SMILES string of the molecule is c1ccc(-c2ccc(-c3ccc(-n4c5ccccc5c5c(-c6ccc7c(c6)c6ccc(-c8ccc9c%10cc(-c%11ccc%12c(c%11)c%11cc(-c%13ccccc%13)ccc%11n%12-c%11ccc(-c%12ccccc%12)cc%11)ccc%10n(-c%10ccccc%10)c9c8)cc6n7-c6ccccc6)cccc54)cc3)cc2)cc1. The smallest absolute Gasteiger partial charge is 0.0547 e. The first-order chi connectivity index (χ1) is 49.6. The first-order valence-electron chi connectivity index (χ1n) is 34.5. The van der Waals surface area contributed by atoms with Crippen molar-refractivity contribution in [2.45, 2.75) is 0 Å². The van der Waals surface area contributed by atoms with Gasteiger partial charge in [0.05, 0.1) is 44.1 Å². The summed E-state index contributed by atoms with van der Waals surface area (Å²) in [6.07, 6.45) is 0. The Hall–Kier alpha value is -13.3. The molecule has 4 heterocycles. The van der Waals surface area contributed by atoms with Gasteiger partial charge in [-0.05, 0) is 199 Å². The molecule has 0 spiro atoms. The summed E-state index contributed by atoms with van der Waals surface area (Å²) in [5.41, 5.74) is 30.6. The number of aromatic nitrogens is 4. The Kier molecular flexibility index (Phi) is 13.2. The summed E-state index contributed by atoms with van der Waals surface area (Å²) in [7, 11) is 0. The molecule has 0 aliphatic carbocycles. The maximum Gasteiger partial charge on any atom is 0.0547 e. The van der Waals surface area contributed by atoms with E-state index in [9.17, 15) is 0 Å². The van der Waals surface area contributed by atoms with Gasteiger partial charge in [-0.15, -0.1) is 0 Å². The molecule has 0 amide bonds. The van der Waals surface area contributed by atoms with Crippen molar-refractivity contribution in [3.05, 3.63) is 376 Å². The van der Waals surface area contributed by atoms with E-state index in [4.69, 9.17) is 0 Å². The second-order valence-electron chi connectivity index (χ2n) is 26.4. The fourth-order valence-corrected chi connectivity index (χ4v) is 16.0. The number of benzene rings is 16. The summed E-state index contributed by atoms with van der Waals surface area (Å²) in [4.78, 5) is 0. The highest BCUT2D eigenvalue weighted by atomic mass is 15.0. The average Bonchev–Trinajstić information content (AvgIpc) is 1.59. The minimum Gasteiger partial charge on any atom is -0.309 e. The highest BCUT2D eigenvalue weighted by molar-refractivity contribution is 6.19. The molecule has 4 aromatic heterocycles. The van der Waals surface area contributed by atoms with Crippen molar-refractivity contribution in [1.29, 1.82) is 0 Å². The Morgan fingerprint density at radius 2 is 0.400 bits per heavy atom. The Morgan fingerprint density at radius 1 is 0.130 bits per heavy atom. The maximum absolute atomic E-state index is 2.45. The molecule has 0 N–H and O–H groups in total. The zero-order chi connectivity index (χ0) is 65.8. The zero-order valence-electron chi connectivity index (χ0n) is 54.6. The average molecular weight is 1270 g/mol. The van der Waals surface area contributed by atoms with Gasteiger partial charge in [-0.2, -0.15) is 0 Å². The van der Waals surface area contributed by atoms with Crippen molar-refractivity contribution in [2.75, 3.05) is 0 Å². The molecule has 466 valence electrons. The van der Waals surface area contributed by atoms with E-state index in [-0.39, 0.29) is 0 Å². The normalized spacial score (nSPS) is 11.8. The van der Waals surface area contributed by atoms with Crippen molar-refractivity contribution in [1.82, 2.24) is 18.3 Å². The van der Waals surface area contributed by atoms with E-state index in [0.29, 0.717) is 0 Å². The predicted octanol–water partition coefficient (Wildman–Crippen LogP) is 25.7. The van der Waals surface area contributed by atoms with Gasteiger partial charge in [0.15, 0.2) is 0 Å². The van der Waals surface area contributed by atoms with Crippen LogP contribution in [0.4, 0.5) is 0 Å². The monoisotopic (exact) mass is 1270 g/mol. The van der Waals surface area contributed by atoms with Gasteiger partial charge in [-0.1, -0.05) is 255 Å². The Labute approximate surface area is 578 Å². The van der Waals surface area contributed by atoms with E-state index in [1.807, 2.05) is 0 Å². The van der Waals surface area contributed by atoms with Gasteiger partial charge < -0.3 is 18.3 Å². The van der Waals surface area contributed by atoms with E-state index in [1.54, 1.807) is 0 Å². The van der Waals surface area contributed by atoms with Crippen LogP contribution in [0.1, 0.15) is 0 Å². The Morgan fingerprint density at radius 3 is 0.850 bits per heavy atom. The fourth-order valence-electron chi connectivity index (χ4n) is 16.0. The van der Waals surface area contributed by atoms with Crippen molar-refractivity contribution in [2.24, 2.45) is 0 Å². The van der Waals surface area contributed by atoms with Crippen LogP contribution >= 0.6 is 0 Å². The highest BCUT2D eigenvalue weighted by Gasteiger charge is 2.22. The molecule has 0 radical (unpaired) electrons. The topological polar surface area (TPSA) is 19.7 Å². The molecule has 0 aliphatic rings. The molecule has 0 aliphatic heterocycles. The van der Waals surface area contributed by atoms with Crippen molar-refractivity contribution >= 4 is 87.2 Å². The number of para-hydroxylation sites is 3. The van der Waals surface area contributed by atoms with E-state index in [0.717, 1.165) is 55.9 Å². The summed E-state index contributed by atoms with van der Waals surface area (Å²) in [6.45, 7) is 0. The second-order valence-corrected chi connectivity index (χ2v) is 26.4. The first-order valence-corrected chi connectivity index (χ1v) is 34.5. The molecule has 16 aromatic carbocycles. The van der Waals surface area contributed by atoms with Crippen molar-refractivity contribution in [3.8, 4) is 101 Å². The van der Waals surface area contributed by atoms with Gasteiger partial charge in [-0.25, -0.2) is 0 Å².